The molecule has 0 spiro atoms. The summed E-state index contributed by atoms with van der Waals surface area (Å²) in [6, 6.07) is 15.1. The van der Waals surface area contributed by atoms with E-state index in [0.717, 1.165) is 73.4 Å². The van der Waals surface area contributed by atoms with Crippen molar-refractivity contribution in [1.82, 2.24) is 19.8 Å². The van der Waals surface area contributed by atoms with Crippen LogP contribution in [0.5, 0.6) is 0 Å². The average Bonchev–Trinajstić information content (AvgIpc) is 3.61. The van der Waals surface area contributed by atoms with E-state index in [2.05, 4.69) is 54.2 Å². The Morgan fingerprint density at radius 3 is 2.77 bits per heavy atom. The Morgan fingerprint density at radius 2 is 1.98 bits per heavy atom. The second-order valence-corrected chi connectivity index (χ2v) is 12.6. The molecule has 1 amide bonds. The van der Waals surface area contributed by atoms with E-state index < -0.39 is 0 Å². The van der Waals surface area contributed by atoms with Crippen molar-refractivity contribution in [2.24, 2.45) is 5.92 Å². The molecular formula is C34H38N4O2. The van der Waals surface area contributed by atoms with Gasteiger partial charge in [0.25, 0.3) is 5.91 Å². The molecule has 1 unspecified atom stereocenters. The number of fused-ring (bicyclic) bond motifs is 1. The molecule has 7 rings (SSSR count). The molecule has 0 saturated carbocycles. The standard InChI is InChI=1S/C34H38N4O2/c1-34-11-4-5-25-13-26(14-28(31(25)34)19-37(2)21-34)27-15-29-30(17-36-32(29)35-16-27)23-6-8-24(9-7-23)33(39)38(3)18-22-10-12-40-20-22/h6-9,13-17,22H,4-5,10-12,18-21H2,1-3H3,(H,35,36)/t22-,34?/m0/s1. The number of aromatic nitrogens is 2. The molecule has 1 saturated heterocycles. The quantitative estimate of drug-likeness (QED) is 0.339. The number of likely N-dealkylation sites (N-methyl/N-ethyl adjacent to an activating group) is 1. The molecule has 0 radical (unpaired) electrons. The minimum absolute atomic E-state index is 0.0550. The largest absolute Gasteiger partial charge is 0.381 e. The molecule has 40 heavy (non-hydrogen) atoms. The number of benzene rings is 2. The molecule has 4 aromatic rings. The SMILES string of the molecule is CN1Cc2cc(-c3cnc4[nH]cc(-c5ccc(C(=O)N(C)C[C@@H]6CCOC6)cc5)c4c3)cc3c2C(C)(CCC3)C1. The first-order valence-electron chi connectivity index (χ1n) is 14.6. The van der Waals surface area contributed by atoms with Gasteiger partial charge in [0.2, 0.25) is 0 Å². The summed E-state index contributed by atoms with van der Waals surface area (Å²) in [6.45, 7) is 6.88. The average molecular weight is 535 g/mol. The van der Waals surface area contributed by atoms with Crippen molar-refractivity contribution < 1.29 is 9.53 Å². The van der Waals surface area contributed by atoms with Crippen molar-refractivity contribution >= 4 is 16.9 Å². The number of aromatic amines is 1. The number of pyridine rings is 1. The Labute approximate surface area is 236 Å². The van der Waals surface area contributed by atoms with E-state index >= 15 is 0 Å². The van der Waals surface area contributed by atoms with Gasteiger partial charge in [-0.3, -0.25) is 4.79 Å². The molecule has 2 aromatic heterocycles. The zero-order valence-electron chi connectivity index (χ0n) is 23.8. The molecule has 0 bridgehead atoms. The van der Waals surface area contributed by atoms with Crippen molar-refractivity contribution in [2.45, 2.75) is 44.6 Å². The zero-order chi connectivity index (χ0) is 27.4. The lowest BCUT2D eigenvalue weighted by atomic mass is 9.67. The topological polar surface area (TPSA) is 61.5 Å². The maximum atomic E-state index is 13.0. The van der Waals surface area contributed by atoms with Gasteiger partial charge in [-0.1, -0.05) is 25.1 Å². The van der Waals surface area contributed by atoms with E-state index in [-0.39, 0.29) is 11.3 Å². The smallest absolute Gasteiger partial charge is 0.253 e. The number of aryl methyl sites for hydroxylation is 1. The second kappa shape index (κ2) is 9.86. The number of rotatable bonds is 5. The number of nitrogens with one attached hydrogen (secondary N) is 1. The summed E-state index contributed by atoms with van der Waals surface area (Å²) in [5, 5.41) is 1.10. The highest BCUT2D eigenvalue weighted by Gasteiger charge is 2.38. The first-order valence-corrected chi connectivity index (χ1v) is 14.6. The third kappa shape index (κ3) is 4.43. The third-order valence-electron chi connectivity index (χ3n) is 9.35. The highest BCUT2D eigenvalue weighted by Crippen LogP contribution is 2.45. The Bertz CT molecular complexity index is 1580. The van der Waals surface area contributed by atoms with Crippen molar-refractivity contribution in [3.05, 3.63) is 77.1 Å². The molecular weight excluding hydrogens is 496 g/mol. The van der Waals surface area contributed by atoms with Crippen LogP contribution in [0.25, 0.3) is 33.3 Å². The fourth-order valence-corrected chi connectivity index (χ4v) is 7.54. The molecule has 4 heterocycles. The normalized spacial score (nSPS) is 22.4. The van der Waals surface area contributed by atoms with Crippen LogP contribution in [-0.2, 0) is 23.1 Å². The van der Waals surface area contributed by atoms with Gasteiger partial charge < -0.3 is 19.5 Å². The van der Waals surface area contributed by atoms with Crippen molar-refractivity contribution in [3.63, 3.8) is 0 Å². The number of carbonyl (C=O) groups is 1. The summed E-state index contributed by atoms with van der Waals surface area (Å²) in [7, 11) is 4.13. The minimum atomic E-state index is 0.0550. The Morgan fingerprint density at radius 1 is 1.15 bits per heavy atom. The summed E-state index contributed by atoms with van der Waals surface area (Å²) < 4.78 is 5.48. The number of hydrogen-bond acceptors (Lipinski definition) is 4. The third-order valence-corrected chi connectivity index (χ3v) is 9.35. The second-order valence-electron chi connectivity index (χ2n) is 12.6. The number of H-pyrrole nitrogens is 1. The highest BCUT2D eigenvalue weighted by molar-refractivity contribution is 5.98. The Balaban J connectivity index is 1.19. The van der Waals surface area contributed by atoms with Gasteiger partial charge in [0.05, 0.1) is 6.61 Å². The lowest BCUT2D eigenvalue weighted by Crippen LogP contribution is -2.44. The molecule has 2 aliphatic heterocycles. The molecule has 3 aliphatic rings. The number of amides is 1. The Hall–Kier alpha value is -3.48. The molecule has 2 atom stereocenters. The maximum Gasteiger partial charge on any atom is 0.253 e. The molecule has 1 N–H and O–H groups in total. The van der Waals surface area contributed by atoms with E-state index in [1.54, 1.807) is 5.56 Å². The van der Waals surface area contributed by atoms with Crippen LogP contribution in [0.1, 0.15) is 53.2 Å². The van der Waals surface area contributed by atoms with Crippen molar-refractivity contribution in [1.29, 1.82) is 0 Å². The van der Waals surface area contributed by atoms with Crippen LogP contribution in [-0.4, -0.2) is 66.1 Å². The molecule has 1 fully saturated rings. The first-order chi connectivity index (χ1) is 19.4. The van der Waals surface area contributed by atoms with Crippen LogP contribution in [0.15, 0.2) is 54.9 Å². The van der Waals surface area contributed by atoms with Crippen LogP contribution in [0.2, 0.25) is 0 Å². The number of ether oxygens (including phenoxy) is 1. The van der Waals surface area contributed by atoms with Crippen LogP contribution in [0.4, 0.5) is 0 Å². The van der Waals surface area contributed by atoms with E-state index in [4.69, 9.17) is 9.72 Å². The monoisotopic (exact) mass is 534 g/mol. The van der Waals surface area contributed by atoms with Crippen LogP contribution >= 0.6 is 0 Å². The van der Waals surface area contributed by atoms with Gasteiger partial charge in [0, 0.05) is 79.1 Å². The van der Waals surface area contributed by atoms with Crippen LogP contribution in [0.3, 0.4) is 0 Å². The van der Waals surface area contributed by atoms with Crippen LogP contribution < -0.4 is 0 Å². The zero-order valence-corrected chi connectivity index (χ0v) is 23.8. The lowest BCUT2D eigenvalue weighted by molar-refractivity contribution is 0.0766. The van der Waals surface area contributed by atoms with E-state index in [1.807, 2.05) is 36.5 Å². The number of hydrogen-bond donors (Lipinski definition) is 1. The molecule has 2 aromatic carbocycles. The lowest BCUT2D eigenvalue weighted by Gasteiger charge is -2.45. The summed E-state index contributed by atoms with van der Waals surface area (Å²) in [4.78, 5) is 25.5. The highest BCUT2D eigenvalue weighted by atomic mass is 16.5. The minimum Gasteiger partial charge on any atom is -0.381 e. The van der Waals surface area contributed by atoms with Gasteiger partial charge >= 0.3 is 0 Å². The predicted octanol–water partition coefficient (Wildman–Crippen LogP) is 6.04. The molecule has 1 aliphatic carbocycles. The number of nitrogens with zero attached hydrogens (tertiary/aromatic N) is 3. The van der Waals surface area contributed by atoms with Crippen molar-refractivity contribution in [2.75, 3.05) is 40.4 Å². The van der Waals surface area contributed by atoms with E-state index in [0.29, 0.717) is 11.5 Å². The summed E-state index contributed by atoms with van der Waals surface area (Å²) >= 11 is 0. The molecule has 206 valence electrons. The summed E-state index contributed by atoms with van der Waals surface area (Å²) in [5.74, 6) is 0.486. The Kier molecular flexibility index (Phi) is 6.28. The van der Waals surface area contributed by atoms with Gasteiger partial charge in [0.15, 0.2) is 0 Å². The molecule has 6 nitrogen and oxygen atoms in total. The summed E-state index contributed by atoms with van der Waals surface area (Å²) in [5.41, 5.74) is 11.0. The predicted molar refractivity (Wildman–Crippen MR) is 159 cm³/mol. The van der Waals surface area contributed by atoms with E-state index in [9.17, 15) is 4.79 Å². The first kappa shape index (κ1) is 25.5. The van der Waals surface area contributed by atoms with Gasteiger partial charge in [-0.15, -0.1) is 0 Å². The van der Waals surface area contributed by atoms with Gasteiger partial charge in [-0.2, -0.15) is 0 Å². The van der Waals surface area contributed by atoms with Gasteiger partial charge in [-0.05, 0) is 84.8 Å². The number of carbonyl (C=O) groups excluding carboxylic acids is 1. The van der Waals surface area contributed by atoms with Crippen molar-refractivity contribution in [3.8, 4) is 22.3 Å². The fraction of sp³-hybridized carbons (Fsp3) is 0.412. The molecule has 6 heteroatoms. The van der Waals surface area contributed by atoms with Gasteiger partial charge in [0.1, 0.15) is 5.65 Å². The van der Waals surface area contributed by atoms with E-state index in [1.165, 1.54) is 29.5 Å². The summed E-state index contributed by atoms with van der Waals surface area (Å²) in [6.07, 6.45) is 8.74. The van der Waals surface area contributed by atoms with Crippen LogP contribution in [0, 0.1) is 5.92 Å². The fourth-order valence-electron chi connectivity index (χ4n) is 7.54. The van der Waals surface area contributed by atoms with Gasteiger partial charge in [-0.25, -0.2) is 4.98 Å². The maximum absolute atomic E-state index is 13.0.